The van der Waals surface area contributed by atoms with Crippen LogP contribution in [0.15, 0.2) is 48.5 Å². The maximum Gasteiger partial charge on any atom is 0.180 e. The van der Waals surface area contributed by atoms with Crippen molar-refractivity contribution in [2.45, 2.75) is 50.6 Å². The van der Waals surface area contributed by atoms with Gasteiger partial charge in [0.05, 0.1) is 14.2 Å². The third-order valence-electron chi connectivity index (χ3n) is 5.40. The molecule has 5 rings (SSSR count). The predicted octanol–water partition coefficient (Wildman–Crippen LogP) is 4.50. The molecule has 1 saturated carbocycles. The Kier molecular flexibility index (Phi) is 6.12. The van der Waals surface area contributed by atoms with E-state index in [-0.39, 0.29) is 12.5 Å². The molecule has 0 aromatic heterocycles. The van der Waals surface area contributed by atoms with Crippen molar-refractivity contribution in [2.75, 3.05) is 14.2 Å². The van der Waals surface area contributed by atoms with Crippen LogP contribution >= 0.6 is 0 Å². The molecule has 0 amide bonds. The van der Waals surface area contributed by atoms with Gasteiger partial charge >= 0.3 is 0 Å². The Bertz CT molecular complexity index is 740. The number of hydrogen-bond acceptors (Lipinski definition) is 6. The largest absolute Gasteiger partial charge is 0.497 e. The van der Waals surface area contributed by atoms with Crippen LogP contribution in [-0.2, 0) is 9.68 Å². The lowest BCUT2D eigenvalue weighted by Gasteiger charge is -2.20. The molecular formula is C22H28N2O4. The van der Waals surface area contributed by atoms with E-state index in [1.807, 2.05) is 36.4 Å². The summed E-state index contributed by atoms with van der Waals surface area (Å²) in [5.74, 6) is 1.77. The molecule has 3 aliphatic rings. The Balaban J connectivity index is 0.000000151. The second-order valence-corrected chi connectivity index (χ2v) is 7.27. The van der Waals surface area contributed by atoms with E-state index in [2.05, 4.69) is 22.7 Å². The zero-order valence-corrected chi connectivity index (χ0v) is 16.5. The molecule has 3 unspecified atom stereocenters. The summed E-state index contributed by atoms with van der Waals surface area (Å²) in [6, 6.07) is 16.6. The highest BCUT2D eigenvalue weighted by Crippen LogP contribution is 2.43. The zero-order valence-electron chi connectivity index (χ0n) is 16.5. The summed E-state index contributed by atoms with van der Waals surface area (Å²) in [5, 5.41) is 2.17. The van der Waals surface area contributed by atoms with Gasteiger partial charge < -0.3 is 9.47 Å². The number of nitrogens with zero attached hydrogens (tertiary/aromatic N) is 1. The minimum atomic E-state index is 0.0981. The second kappa shape index (κ2) is 8.92. The van der Waals surface area contributed by atoms with E-state index in [1.54, 1.807) is 14.2 Å². The highest BCUT2D eigenvalue weighted by atomic mass is 16.8. The fourth-order valence-corrected chi connectivity index (χ4v) is 3.63. The summed E-state index contributed by atoms with van der Waals surface area (Å²) in [7, 11) is 3.35. The summed E-state index contributed by atoms with van der Waals surface area (Å²) in [6.07, 6.45) is 6.93. The van der Waals surface area contributed by atoms with Crippen molar-refractivity contribution in [3.63, 3.8) is 0 Å². The van der Waals surface area contributed by atoms with Crippen molar-refractivity contribution >= 4 is 0 Å². The molecule has 2 aromatic carbocycles. The van der Waals surface area contributed by atoms with E-state index in [1.165, 1.54) is 37.7 Å². The molecule has 2 aromatic rings. The molecule has 1 N–H and O–H groups in total. The Hall–Kier alpha value is -2.12. The van der Waals surface area contributed by atoms with Crippen molar-refractivity contribution in [2.24, 2.45) is 0 Å². The molecule has 28 heavy (non-hydrogen) atoms. The Morgan fingerprint density at radius 1 is 0.821 bits per heavy atom. The molecular weight excluding hydrogens is 356 g/mol. The second-order valence-electron chi connectivity index (χ2n) is 7.27. The van der Waals surface area contributed by atoms with Gasteiger partial charge in [-0.3, -0.25) is 9.68 Å². The maximum absolute atomic E-state index is 5.71. The van der Waals surface area contributed by atoms with Gasteiger partial charge in [-0.15, -0.1) is 5.06 Å². The van der Waals surface area contributed by atoms with Gasteiger partial charge in [-0.05, 0) is 48.2 Å². The maximum atomic E-state index is 5.71. The topological polar surface area (TPSA) is 68.5 Å². The van der Waals surface area contributed by atoms with Gasteiger partial charge in [-0.25, -0.2) is 0 Å². The minimum Gasteiger partial charge on any atom is -0.497 e. The molecule has 0 bridgehead atoms. The molecule has 0 radical (unpaired) electrons. The molecule has 6 nitrogen and oxygen atoms in total. The summed E-state index contributed by atoms with van der Waals surface area (Å²) in [5.41, 5.74) is 5.11. The molecule has 3 fully saturated rings. The van der Waals surface area contributed by atoms with Crippen molar-refractivity contribution in [1.29, 1.82) is 0 Å². The van der Waals surface area contributed by atoms with Crippen LogP contribution in [0.2, 0.25) is 0 Å². The van der Waals surface area contributed by atoms with Crippen molar-refractivity contribution in [3.8, 4) is 11.5 Å². The first-order valence-electron chi connectivity index (χ1n) is 9.92. The number of ether oxygens (including phenoxy) is 2. The Labute approximate surface area is 166 Å². The number of nitrogens with one attached hydrogen (secondary N) is 1. The molecule has 1 aliphatic carbocycles. The van der Waals surface area contributed by atoms with Crippen molar-refractivity contribution in [1.82, 2.24) is 10.5 Å². The van der Waals surface area contributed by atoms with Gasteiger partial charge in [0, 0.05) is 6.04 Å². The molecule has 2 heterocycles. The van der Waals surface area contributed by atoms with Gasteiger partial charge in [0.15, 0.2) is 12.5 Å². The first-order chi connectivity index (χ1) is 13.8. The number of methoxy groups -OCH3 is 2. The molecule has 2 aliphatic heterocycles. The van der Waals surface area contributed by atoms with Crippen LogP contribution in [-0.4, -0.2) is 25.3 Å². The van der Waals surface area contributed by atoms with Crippen LogP contribution in [0.5, 0.6) is 11.5 Å². The van der Waals surface area contributed by atoms with Crippen LogP contribution in [0.1, 0.15) is 55.7 Å². The number of benzene rings is 2. The van der Waals surface area contributed by atoms with E-state index in [0.29, 0.717) is 6.04 Å². The van der Waals surface area contributed by atoms with Gasteiger partial charge in [0.25, 0.3) is 0 Å². The van der Waals surface area contributed by atoms with Crippen LogP contribution < -0.4 is 15.0 Å². The quantitative estimate of drug-likeness (QED) is 0.766. The van der Waals surface area contributed by atoms with Gasteiger partial charge in [-0.2, -0.15) is 5.48 Å². The predicted molar refractivity (Wildman–Crippen MR) is 105 cm³/mol. The van der Waals surface area contributed by atoms with Crippen LogP contribution in [0.25, 0.3) is 0 Å². The van der Waals surface area contributed by atoms with Crippen molar-refractivity contribution in [3.05, 3.63) is 59.7 Å². The van der Waals surface area contributed by atoms with Gasteiger partial charge in [0.1, 0.15) is 11.5 Å². The smallest absolute Gasteiger partial charge is 0.180 e. The zero-order chi connectivity index (χ0) is 19.3. The average Bonchev–Trinajstić information content (AvgIpc) is 3.68. The molecule has 150 valence electrons. The van der Waals surface area contributed by atoms with Crippen molar-refractivity contribution < 1.29 is 19.1 Å². The fourth-order valence-electron chi connectivity index (χ4n) is 3.63. The molecule has 2 saturated heterocycles. The molecule has 0 spiro atoms. The summed E-state index contributed by atoms with van der Waals surface area (Å²) in [4.78, 5) is 10.6. The van der Waals surface area contributed by atoms with E-state index in [0.717, 1.165) is 17.1 Å². The third-order valence-corrected chi connectivity index (χ3v) is 5.40. The highest BCUT2D eigenvalue weighted by Gasteiger charge is 2.43. The fraction of sp³-hybridized carbons (Fsp3) is 0.455. The first kappa shape index (κ1) is 19.2. The Morgan fingerprint density at radius 2 is 1.36 bits per heavy atom. The van der Waals surface area contributed by atoms with Crippen LogP contribution in [0.4, 0.5) is 0 Å². The summed E-state index contributed by atoms with van der Waals surface area (Å²) < 4.78 is 10.2. The first-order valence-corrected chi connectivity index (χ1v) is 9.92. The van der Waals surface area contributed by atoms with E-state index in [9.17, 15) is 0 Å². The standard InChI is InChI=1S/C14H19NO2.C8H9NO2/c1-16-13-9-7-11(8-10-13)14-15(17-14)12-5-3-2-4-6-12;1-10-7-4-2-6(3-5-7)8-9-11-8/h7-10,12,14H,2-6H2,1H3;2-5,8-9H,1H3. The average molecular weight is 384 g/mol. The normalized spacial score (nSPS) is 26.0. The third kappa shape index (κ3) is 4.83. The highest BCUT2D eigenvalue weighted by molar-refractivity contribution is 5.29. The van der Waals surface area contributed by atoms with Gasteiger partial charge in [0.2, 0.25) is 0 Å². The Morgan fingerprint density at radius 3 is 1.86 bits per heavy atom. The lowest BCUT2D eigenvalue weighted by molar-refractivity contribution is 0.119. The summed E-state index contributed by atoms with van der Waals surface area (Å²) in [6.45, 7) is 0. The molecule has 3 atom stereocenters. The molecule has 6 heteroatoms. The van der Waals surface area contributed by atoms with E-state index < -0.39 is 0 Å². The van der Waals surface area contributed by atoms with E-state index in [4.69, 9.17) is 19.1 Å². The van der Waals surface area contributed by atoms with Gasteiger partial charge in [-0.1, -0.05) is 43.5 Å². The minimum absolute atomic E-state index is 0.0981. The summed E-state index contributed by atoms with van der Waals surface area (Å²) >= 11 is 0. The van der Waals surface area contributed by atoms with E-state index >= 15 is 0 Å². The number of hydroxylamine groups is 3. The lowest BCUT2D eigenvalue weighted by Crippen LogP contribution is -2.21. The monoisotopic (exact) mass is 384 g/mol. The van der Waals surface area contributed by atoms with Crippen LogP contribution in [0.3, 0.4) is 0 Å². The lowest BCUT2D eigenvalue weighted by atomic mass is 9.95. The van der Waals surface area contributed by atoms with Crippen LogP contribution in [0, 0.1) is 0 Å². The number of rotatable bonds is 5. The number of hydrogen-bond donors (Lipinski definition) is 1. The SMILES string of the molecule is COc1ccc(C2NO2)cc1.COc1ccc(C2ON2C2CCCCC2)cc1.